The molecule has 0 unspecified atom stereocenters. The van der Waals surface area contributed by atoms with E-state index in [4.69, 9.17) is 11.6 Å². The first-order valence-corrected chi connectivity index (χ1v) is 8.90. The van der Waals surface area contributed by atoms with Crippen molar-refractivity contribution >= 4 is 34.5 Å². The van der Waals surface area contributed by atoms with Crippen LogP contribution in [0.4, 0.5) is 5.69 Å². The molecule has 2 aromatic carbocycles. The van der Waals surface area contributed by atoms with Gasteiger partial charge in [0, 0.05) is 16.3 Å². The maximum absolute atomic E-state index is 12.6. The van der Waals surface area contributed by atoms with Crippen molar-refractivity contribution < 1.29 is 4.79 Å². The fraction of sp³-hybridized carbons (Fsp3) is 0.158. The SMILES string of the molecule is CCc1ccccc1NC(=O)c1sc(-c2cccc(Cl)c2)nc1C. The Labute approximate surface area is 150 Å². The molecule has 3 nitrogen and oxygen atoms in total. The molecule has 0 atom stereocenters. The summed E-state index contributed by atoms with van der Waals surface area (Å²) in [7, 11) is 0. The van der Waals surface area contributed by atoms with Gasteiger partial charge in [-0.15, -0.1) is 11.3 Å². The summed E-state index contributed by atoms with van der Waals surface area (Å²) in [6.45, 7) is 3.92. The van der Waals surface area contributed by atoms with Crippen LogP contribution in [0, 0.1) is 6.92 Å². The average molecular weight is 357 g/mol. The van der Waals surface area contributed by atoms with Gasteiger partial charge in [0.15, 0.2) is 0 Å². The fourth-order valence-electron chi connectivity index (χ4n) is 2.48. The molecule has 0 saturated carbocycles. The van der Waals surface area contributed by atoms with Crippen LogP contribution in [0.1, 0.15) is 27.9 Å². The fourth-order valence-corrected chi connectivity index (χ4v) is 3.63. The van der Waals surface area contributed by atoms with E-state index in [-0.39, 0.29) is 5.91 Å². The van der Waals surface area contributed by atoms with E-state index in [1.165, 1.54) is 11.3 Å². The number of thiazole rings is 1. The first kappa shape index (κ1) is 16.7. The summed E-state index contributed by atoms with van der Waals surface area (Å²) in [5.74, 6) is -0.126. The van der Waals surface area contributed by atoms with E-state index in [1.54, 1.807) is 0 Å². The number of nitrogens with zero attached hydrogens (tertiary/aromatic N) is 1. The van der Waals surface area contributed by atoms with Crippen molar-refractivity contribution in [2.75, 3.05) is 5.32 Å². The molecule has 1 heterocycles. The van der Waals surface area contributed by atoms with E-state index in [9.17, 15) is 4.79 Å². The van der Waals surface area contributed by atoms with Crippen molar-refractivity contribution in [2.45, 2.75) is 20.3 Å². The summed E-state index contributed by atoms with van der Waals surface area (Å²) < 4.78 is 0. The van der Waals surface area contributed by atoms with Crippen LogP contribution in [-0.4, -0.2) is 10.9 Å². The molecular formula is C19H17ClN2OS. The van der Waals surface area contributed by atoms with E-state index in [1.807, 2.05) is 55.5 Å². The molecule has 0 bridgehead atoms. The molecule has 0 saturated heterocycles. The maximum Gasteiger partial charge on any atom is 0.267 e. The quantitative estimate of drug-likeness (QED) is 0.662. The van der Waals surface area contributed by atoms with Crippen LogP contribution in [0.3, 0.4) is 0 Å². The lowest BCUT2D eigenvalue weighted by Gasteiger charge is -2.08. The lowest BCUT2D eigenvalue weighted by Crippen LogP contribution is -2.12. The van der Waals surface area contributed by atoms with Gasteiger partial charge in [0.1, 0.15) is 9.88 Å². The van der Waals surface area contributed by atoms with Crippen molar-refractivity contribution in [3.63, 3.8) is 0 Å². The number of aryl methyl sites for hydroxylation is 2. The zero-order valence-corrected chi connectivity index (χ0v) is 15.0. The minimum atomic E-state index is -0.126. The van der Waals surface area contributed by atoms with Crippen LogP contribution in [-0.2, 0) is 6.42 Å². The van der Waals surface area contributed by atoms with Gasteiger partial charge in [-0.25, -0.2) is 4.98 Å². The highest BCUT2D eigenvalue weighted by molar-refractivity contribution is 7.17. The van der Waals surface area contributed by atoms with Crippen LogP contribution in [0.15, 0.2) is 48.5 Å². The topological polar surface area (TPSA) is 42.0 Å². The number of hydrogen-bond donors (Lipinski definition) is 1. The Morgan fingerprint density at radius 2 is 2.00 bits per heavy atom. The molecular weight excluding hydrogens is 340 g/mol. The van der Waals surface area contributed by atoms with E-state index in [0.29, 0.717) is 9.90 Å². The predicted octanol–water partition coefficient (Wildman–Crippen LogP) is 5.59. The van der Waals surface area contributed by atoms with Crippen molar-refractivity contribution in [3.05, 3.63) is 69.7 Å². The molecule has 122 valence electrons. The van der Waals surface area contributed by atoms with Gasteiger partial charge in [-0.05, 0) is 37.1 Å². The van der Waals surface area contributed by atoms with Gasteiger partial charge in [0.25, 0.3) is 5.91 Å². The van der Waals surface area contributed by atoms with Crippen LogP contribution in [0.2, 0.25) is 5.02 Å². The highest BCUT2D eigenvalue weighted by atomic mass is 35.5. The predicted molar refractivity (Wildman–Crippen MR) is 101 cm³/mol. The minimum absolute atomic E-state index is 0.126. The molecule has 1 amide bonds. The van der Waals surface area contributed by atoms with Gasteiger partial charge in [-0.2, -0.15) is 0 Å². The van der Waals surface area contributed by atoms with Crippen molar-refractivity contribution in [1.29, 1.82) is 0 Å². The molecule has 0 fully saturated rings. The lowest BCUT2D eigenvalue weighted by atomic mass is 10.1. The second-order valence-corrected chi connectivity index (χ2v) is 6.84. The smallest absolute Gasteiger partial charge is 0.267 e. The number of amides is 1. The number of carbonyl (C=O) groups is 1. The number of halogens is 1. The Balaban J connectivity index is 1.88. The molecule has 1 N–H and O–H groups in total. The van der Waals surface area contributed by atoms with E-state index < -0.39 is 0 Å². The summed E-state index contributed by atoms with van der Waals surface area (Å²) in [5.41, 5.74) is 3.61. The Morgan fingerprint density at radius 1 is 1.21 bits per heavy atom. The van der Waals surface area contributed by atoms with E-state index >= 15 is 0 Å². The number of rotatable bonds is 4. The zero-order valence-electron chi connectivity index (χ0n) is 13.5. The molecule has 3 aromatic rings. The summed E-state index contributed by atoms with van der Waals surface area (Å²) in [4.78, 5) is 17.8. The van der Waals surface area contributed by atoms with Crippen LogP contribution >= 0.6 is 22.9 Å². The Morgan fingerprint density at radius 3 is 2.75 bits per heavy atom. The first-order chi connectivity index (χ1) is 11.6. The number of para-hydroxylation sites is 1. The number of hydrogen-bond acceptors (Lipinski definition) is 3. The third-order valence-electron chi connectivity index (χ3n) is 3.72. The highest BCUT2D eigenvalue weighted by Crippen LogP contribution is 2.30. The number of benzene rings is 2. The van der Waals surface area contributed by atoms with Crippen LogP contribution in [0.25, 0.3) is 10.6 Å². The molecule has 0 aliphatic carbocycles. The van der Waals surface area contributed by atoms with Crippen molar-refractivity contribution in [1.82, 2.24) is 4.98 Å². The summed E-state index contributed by atoms with van der Waals surface area (Å²) in [5, 5.41) is 4.45. The third-order valence-corrected chi connectivity index (χ3v) is 5.16. The van der Waals surface area contributed by atoms with Gasteiger partial charge >= 0.3 is 0 Å². The summed E-state index contributed by atoms with van der Waals surface area (Å²) >= 11 is 7.42. The van der Waals surface area contributed by atoms with Gasteiger partial charge in [-0.1, -0.05) is 48.9 Å². The summed E-state index contributed by atoms with van der Waals surface area (Å²) in [6.07, 6.45) is 0.867. The standard InChI is InChI=1S/C19H17ClN2OS/c1-3-13-7-4-5-10-16(13)22-18(23)17-12(2)21-19(24-17)14-8-6-9-15(20)11-14/h4-11H,3H2,1-2H3,(H,22,23). The van der Waals surface area contributed by atoms with Gasteiger partial charge in [0.05, 0.1) is 5.69 Å². The number of anilines is 1. The minimum Gasteiger partial charge on any atom is -0.321 e. The number of nitrogens with one attached hydrogen (secondary N) is 1. The molecule has 5 heteroatoms. The molecule has 24 heavy (non-hydrogen) atoms. The van der Waals surface area contributed by atoms with Crippen LogP contribution < -0.4 is 5.32 Å². The zero-order chi connectivity index (χ0) is 17.1. The molecule has 0 spiro atoms. The van der Waals surface area contributed by atoms with E-state index in [0.717, 1.165) is 33.9 Å². The lowest BCUT2D eigenvalue weighted by molar-refractivity contribution is 0.102. The average Bonchev–Trinajstić information content (AvgIpc) is 2.97. The van der Waals surface area contributed by atoms with E-state index in [2.05, 4.69) is 17.2 Å². The first-order valence-electron chi connectivity index (χ1n) is 7.71. The second-order valence-electron chi connectivity index (χ2n) is 5.41. The normalized spacial score (nSPS) is 10.6. The molecule has 0 aliphatic rings. The Bertz CT molecular complexity index is 889. The van der Waals surface area contributed by atoms with Crippen LogP contribution in [0.5, 0.6) is 0 Å². The molecule has 0 aliphatic heterocycles. The third kappa shape index (κ3) is 3.50. The Kier molecular flexibility index (Phi) is 4.97. The molecule has 1 aromatic heterocycles. The highest BCUT2D eigenvalue weighted by Gasteiger charge is 2.17. The number of aromatic nitrogens is 1. The second kappa shape index (κ2) is 7.16. The molecule has 0 radical (unpaired) electrons. The Hall–Kier alpha value is -2.17. The van der Waals surface area contributed by atoms with Gasteiger partial charge < -0.3 is 5.32 Å². The van der Waals surface area contributed by atoms with Crippen molar-refractivity contribution in [2.24, 2.45) is 0 Å². The van der Waals surface area contributed by atoms with Gasteiger partial charge in [-0.3, -0.25) is 4.79 Å². The maximum atomic E-state index is 12.6. The van der Waals surface area contributed by atoms with Crippen molar-refractivity contribution in [3.8, 4) is 10.6 Å². The summed E-state index contributed by atoms with van der Waals surface area (Å²) in [6, 6.07) is 15.3. The largest absolute Gasteiger partial charge is 0.321 e. The monoisotopic (exact) mass is 356 g/mol. The number of carbonyl (C=O) groups excluding carboxylic acids is 1. The molecule has 3 rings (SSSR count). The van der Waals surface area contributed by atoms with Gasteiger partial charge in [0.2, 0.25) is 0 Å².